The van der Waals surface area contributed by atoms with Crippen molar-refractivity contribution in [2.45, 2.75) is 12.5 Å². The van der Waals surface area contributed by atoms with Gasteiger partial charge in [0.15, 0.2) is 0 Å². The molecule has 0 bridgehead atoms. The fourth-order valence-electron chi connectivity index (χ4n) is 1.06. The second-order valence-corrected chi connectivity index (χ2v) is 4.82. The molecule has 0 aliphatic rings. The van der Waals surface area contributed by atoms with Crippen molar-refractivity contribution in [2.24, 2.45) is 5.73 Å². The van der Waals surface area contributed by atoms with Crippen LogP contribution < -0.4 is 5.73 Å². The summed E-state index contributed by atoms with van der Waals surface area (Å²) in [6.07, 6.45) is 2.66. The Morgan fingerprint density at radius 1 is 1.62 bits per heavy atom. The molecular formula is C10H11BrIN. The normalized spacial score (nSPS) is 12.5. The number of benzene rings is 1. The standard InChI is InChI=1S/C10H11BrIN/c1-2-3-10(13)7-4-5-9(12)8(11)6-7/h2,4-6,10H,1,3,13H2/t10-/m1/s1. The molecule has 70 valence electrons. The van der Waals surface area contributed by atoms with E-state index in [1.165, 1.54) is 3.57 Å². The third-order valence-corrected chi connectivity index (χ3v) is 4.13. The minimum atomic E-state index is 0.0609. The van der Waals surface area contributed by atoms with Crippen LogP contribution in [0.2, 0.25) is 0 Å². The molecule has 0 aromatic heterocycles. The smallest absolute Gasteiger partial charge is 0.0330 e. The SMILES string of the molecule is C=CC[C@@H](N)c1ccc(I)c(Br)c1. The molecule has 0 aliphatic carbocycles. The lowest BCUT2D eigenvalue weighted by atomic mass is 10.1. The van der Waals surface area contributed by atoms with Gasteiger partial charge < -0.3 is 5.73 Å². The Labute approximate surface area is 101 Å². The minimum absolute atomic E-state index is 0.0609. The summed E-state index contributed by atoms with van der Waals surface area (Å²) in [4.78, 5) is 0. The first-order valence-electron chi connectivity index (χ1n) is 3.96. The highest BCUT2D eigenvalue weighted by molar-refractivity contribution is 14.1. The van der Waals surface area contributed by atoms with Gasteiger partial charge in [-0.15, -0.1) is 6.58 Å². The molecule has 1 atom stereocenters. The van der Waals surface area contributed by atoms with Crippen LogP contribution in [0.5, 0.6) is 0 Å². The van der Waals surface area contributed by atoms with E-state index in [4.69, 9.17) is 5.73 Å². The molecule has 1 nitrogen and oxygen atoms in total. The molecule has 2 N–H and O–H groups in total. The first kappa shape index (κ1) is 11.2. The predicted molar refractivity (Wildman–Crippen MR) is 68.6 cm³/mol. The van der Waals surface area contributed by atoms with Crippen molar-refractivity contribution < 1.29 is 0 Å². The highest BCUT2D eigenvalue weighted by atomic mass is 127. The predicted octanol–water partition coefficient (Wildman–Crippen LogP) is 3.63. The molecular weight excluding hydrogens is 341 g/mol. The maximum absolute atomic E-state index is 5.93. The van der Waals surface area contributed by atoms with Crippen LogP contribution in [0.3, 0.4) is 0 Å². The number of halogens is 2. The summed E-state index contributed by atoms with van der Waals surface area (Å²) in [7, 11) is 0. The van der Waals surface area contributed by atoms with E-state index < -0.39 is 0 Å². The van der Waals surface area contributed by atoms with E-state index in [-0.39, 0.29) is 6.04 Å². The van der Waals surface area contributed by atoms with Crippen LogP contribution in [0, 0.1) is 3.57 Å². The molecule has 0 amide bonds. The van der Waals surface area contributed by atoms with Crippen LogP contribution >= 0.6 is 38.5 Å². The Morgan fingerprint density at radius 3 is 2.85 bits per heavy atom. The molecule has 0 spiro atoms. The van der Waals surface area contributed by atoms with Gasteiger partial charge >= 0.3 is 0 Å². The number of hydrogen-bond acceptors (Lipinski definition) is 1. The molecule has 1 aromatic rings. The van der Waals surface area contributed by atoms with Crippen molar-refractivity contribution in [3.8, 4) is 0 Å². The highest BCUT2D eigenvalue weighted by Crippen LogP contribution is 2.24. The molecule has 0 saturated heterocycles. The van der Waals surface area contributed by atoms with E-state index in [1.54, 1.807) is 0 Å². The van der Waals surface area contributed by atoms with Gasteiger partial charge in [0.1, 0.15) is 0 Å². The molecule has 1 rings (SSSR count). The van der Waals surface area contributed by atoms with E-state index in [9.17, 15) is 0 Å². The number of hydrogen-bond donors (Lipinski definition) is 1. The molecule has 0 aliphatic heterocycles. The zero-order chi connectivity index (χ0) is 9.84. The number of rotatable bonds is 3. The van der Waals surface area contributed by atoms with Crippen LogP contribution in [0.4, 0.5) is 0 Å². The van der Waals surface area contributed by atoms with Crippen molar-refractivity contribution in [2.75, 3.05) is 0 Å². The van der Waals surface area contributed by atoms with E-state index >= 15 is 0 Å². The fraction of sp³-hybridized carbons (Fsp3) is 0.200. The zero-order valence-corrected chi connectivity index (χ0v) is 10.9. The van der Waals surface area contributed by atoms with Gasteiger partial charge in [0.2, 0.25) is 0 Å². The summed E-state index contributed by atoms with van der Waals surface area (Å²) in [5.74, 6) is 0. The van der Waals surface area contributed by atoms with Crippen molar-refractivity contribution in [3.63, 3.8) is 0 Å². The van der Waals surface area contributed by atoms with Gasteiger partial charge in [0.05, 0.1) is 0 Å². The molecule has 1 aromatic carbocycles. The quantitative estimate of drug-likeness (QED) is 0.653. The lowest BCUT2D eigenvalue weighted by Crippen LogP contribution is -2.08. The summed E-state index contributed by atoms with van der Waals surface area (Å²) < 4.78 is 2.30. The molecule has 0 unspecified atom stereocenters. The summed E-state index contributed by atoms with van der Waals surface area (Å²) >= 11 is 5.75. The van der Waals surface area contributed by atoms with Gasteiger partial charge in [-0.05, 0) is 62.6 Å². The summed E-state index contributed by atoms with van der Waals surface area (Å²) in [5, 5.41) is 0. The van der Waals surface area contributed by atoms with Gasteiger partial charge in [-0.2, -0.15) is 0 Å². The van der Waals surface area contributed by atoms with Gasteiger partial charge in [0, 0.05) is 14.1 Å². The van der Waals surface area contributed by atoms with E-state index in [0.29, 0.717) is 0 Å². The second kappa shape index (κ2) is 5.12. The second-order valence-electron chi connectivity index (χ2n) is 2.80. The first-order valence-corrected chi connectivity index (χ1v) is 5.83. The van der Waals surface area contributed by atoms with Crippen molar-refractivity contribution in [1.29, 1.82) is 0 Å². The summed E-state index contributed by atoms with van der Waals surface area (Å²) in [6, 6.07) is 6.24. The topological polar surface area (TPSA) is 26.0 Å². The maximum atomic E-state index is 5.93. The molecule has 13 heavy (non-hydrogen) atoms. The minimum Gasteiger partial charge on any atom is -0.324 e. The fourth-order valence-corrected chi connectivity index (χ4v) is 1.79. The van der Waals surface area contributed by atoms with Gasteiger partial charge in [-0.1, -0.05) is 12.1 Å². The monoisotopic (exact) mass is 351 g/mol. The van der Waals surface area contributed by atoms with Crippen LogP contribution in [0.1, 0.15) is 18.0 Å². The lowest BCUT2D eigenvalue weighted by Gasteiger charge is -2.10. The van der Waals surface area contributed by atoms with E-state index in [1.807, 2.05) is 6.08 Å². The van der Waals surface area contributed by atoms with Crippen molar-refractivity contribution in [3.05, 3.63) is 44.5 Å². The Hall–Kier alpha value is 0.130. The average Bonchev–Trinajstić information content (AvgIpc) is 2.10. The first-order chi connectivity index (χ1) is 6.15. The molecule has 0 fully saturated rings. The zero-order valence-electron chi connectivity index (χ0n) is 7.13. The Morgan fingerprint density at radius 2 is 2.31 bits per heavy atom. The van der Waals surface area contributed by atoms with Gasteiger partial charge in [-0.3, -0.25) is 0 Å². The van der Waals surface area contributed by atoms with Crippen molar-refractivity contribution in [1.82, 2.24) is 0 Å². The van der Waals surface area contributed by atoms with E-state index in [0.717, 1.165) is 16.5 Å². The lowest BCUT2D eigenvalue weighted by molar-refractivity contribution is 0.741. The van der Waals surface area contributed by atoms with Crippen molar-refractivity contribution >= 4 is 38.5 Å². The average molecular weight is 352 g/mol. The van der Waals surface area contributed by atoms with Crippen LogP contribution in [0.15, 0.2) is 35.3 Å². The summed E-state index contributed by atoms with van der Waals surface area (Å²) in [5.41, 5.74) is 7.08. The Balaban J connectivity index is 2.89. The molecule has 0 radical (unpaired) electrons. The molecule has 0 heterocycles. The Kier molecular flexibility index (Phi) is 4.41. The van der Waals surface area contributed by atoms with Gasteiger partial charge in [-0.25, -0.2) is 0 Å². The number of nitrogens with two attached hydrogens (primary N) is 1. The van der Waals surface area contributed by atoms with Crippen LogP contribution in [-0.2, 0) is 0 Å². The molecule has 3 heteroatoms. The maximum Gasteiger partial charge on any atom is 0.0330 e. The van der Waals surface area contributed by atoms with Gasteiger partial charge in [0.25, 0.3) is 0 Å². The third-order valence-electron chi connectivity index (χ3n) is 1.79. The largest absolute Gasteiger partial charge is 0.324 e. The van der Waals surface area contributed by atoms with Crippen LogP contribution in [-0.4, -0.2) is 0 Å². The van der Waals surface area contributed by atoms with E-state index in [2.05, 4.69) is 63.3 Å². The molecule has 0 saturated carbocycles. The third kappa shape index (κ3) is 3.07. The van der Waals surface area contributed by atoms with Crippen LogP contribution in [0.25, 0.3) is 0 Å². The highest BCUT2D eigenvalue weighted by Gasteiger charge is 2.05. The summed E-state index contributed by atoms with van der Waals surface area (Å²) in [6.45, 7) is 3.67. The Bertz CT molecular complexity index is 312.